The molecule has 0 atom stereocenters. The maximum Gasteiger partial charge on any atom is 0.257 e. The summed E-state index contributed by atoms with van der Waals surface area (Å²) in [4.78, 5) is 21.0. The van der Waals surface area contributed by atoms with Crippen LogP contribution in [-0.2, 0) is 4.79 Å². The highest BCUT2D eigenvalue weighted by Gasteiger charge is 2.12. The molecule has 1 amide bonds. The van der Waals surface area contributed by atoms with Crippen LogP contribution in [0.2, 0.25) is 0 Å². The number of thiophene rings is 1. The zero-order valence-corrected chi connectivity index (χ0v) is 18.5. The van der Waals surface area contributed by atoms with E-state index in [1.54, 1.807) is 30.6 Å². The van der Waals surface area contributed by atoms with Gasteiger partial charge in [-0.15, -0.1) is 11.3 Å². The van der Waals surface area contributed by atoms with E-state index in [-0.39, 0.29) is 12.5 Å². The molecule has 0 saturated heterocycles. The standard InChI is InChI=1S/C24H20N6O2S/c1-25-21(31)14-32-19-4-2-3-16(11-19)23-29-20-9-10-33-22(20)24(30-23)28-18-7-5-15(6-8-18)17-12-26-27-13-17/h2-13H,14H2,1H3,(H,25,31)(H,26,27)(H,28,29,30). The normalized spacial score (nSPS) is 10.8. The molecule has 33 heavy (non-hydrogen) atoms. The van der Waals surface area contributed by atoms with Gasteiger partial charge in [0.25, 0.3) is 5.91 Å². The molecule has 0 fully saturated rings. The second-order valence-corrected chi connectivity index (χ2v) is 8.13. The van der Waals surface area contributed by atoms with Gasteiger partial charge in [-0.3, -0.25) is 9.89 Å². The summed E-state index contributed by atoms with van der Waals surface area (Å²) < 4.78 is 6.55. The molecule has 0 aliphatic rings. The molecule has 9 heteroatoms. The number of amides is 1. The lowest BCUT2D eigenvalue weighted by atomic mass is 10.1. The van der Waals surface area contributed by atoms with Crippen molar-refractivity contribution in [1.29, 1.82) is 0 Å². The number of rotatable bonds is 7. The predicted molar refractivity (Wildman–Crippen MR) is 130 cm³/mol. The number of likely N-dealkylation sites (N-methyl/N-ethyl adjacent to an activating group) is 1. The van der Waals surface area contributed by atoms with Crippen molar-refractivity contribution in [2.75, 3.05) is 19.0 Å². The minimum Gasteiger partial charge on any atom is -0.484 e. The Balaban J connectivity index is 1.44. The first-order valence-corrected chi connectivity index (χ1v) is 11.1. The molecule has 0 radical (unpaired) electrons. The average molecular weight is 457 g/mol. The minimum atomic E-state index is -0.193. The predicted octanol–water partition coefficient (Wildman–Crippen LogP) is 4.62. The number of benzene rings is 2. The molecule has 5 aromatic rings. The van der Waals surface area contributed by atoms with Crippen LogP contribution in [0, 0.1) is 0 Å². The van der Waals surface area contributed by atoms with Gasteiger partial charge in [0.2, 0.25) is 0 Å². The van der Waals surface area contributed by atoms with Gasteiger partial charge in [0.05, 0.1) is 16.4 Å². The molecule has 3 N–H and O–H groups in total. The SMILES string of the molecule is CNC(=O)COc1cccc(-c2nc(Nc3ccc(-c4cn[nH]c4)cc3)c3sccc3n2)c1. The largest absolute Gasteiger partial charge is 0.484 e. The van der Waals surface area contributed by atoms with Crippen LogP contribution < -0.4 is 15.4 Å². The minimum absolute atomic E-state index is 0.0496. The molecule has 3 aromatic heterocycles. The van der Waals surface area contributed by atoms with E-state index in [0.29, 0.717) is 11.6 Å². The lowest BCUT2D eigenvalue weighted by Gasteiger charge is -2.11. The fraction of sp³-hybridized carbons (Fsp3) is 0.0833. The molecule has 8 nitrogen and oxygen atoms in total. The molecular weight excluding hydrogens is 436 g/mol. The second-order valence-electron chi connectivity index (χ2n) is 7.21. The summed E-state index contributed by atoms with van der Waals surface area (Å²) >= 11 is 1.59. The van der Waals surface area contributed by atoms with Crippen molar-refractivity contribution in [2.45, 2.75) is 0 Å². The molecule has 0 aliphatic heterocycles. The summed E-state index contributed by atoms with van der Waals surface area (Å²) in [6.07, 6.45) is 3.65. The lowest BCUT2D eigenvalue weighted by Crippen LogP contribution is -2.24. The van der Waals surface area contributed by atoms with Crippen molar-refractivity contribution in [3.05, 3.63) is 72.4 Å². The van der Waals surface area contributed by atoms with Gasteiger partial charge >= 0.3 is 0 Å². The van der Waals surface area contributed by atoms with Crippen molar-refractivity contribution < 1.29 is 9.53 Å². The second kappa shape index (κ2) is 9.09. The fourth-order valence-electron chi connectivity index (χ4n) is 3.31. The van der Waals surface area contributed by atoms with Crippen molar-refractivity contribution >= 4 is 39.0 Å². The molecule has 0 spiro atoms. The highest BCUT2D eigenvalue weighted by Crippen LogP contribution is 2.32. The lowest BCUT2D eigenvalue weighted by molar-refractivity contribution is -0.122. The van der Waals surface area contributed by atoms with Gasteiger partial charge in [0, 0.05) is 30.1 Å². The molecule has 0 saturated carbocycles. The Morgan fingerprint density at radius 1 is 1.06 bits per heavy atom. The van der Waals surface area contributed by atoms with Crippen molar-refractivity contribution in [2.24, 2.45) is 0 Å². The quantitative estimate of drug-likeness (QED) is 0.330. The average Bonchev–Trinajstić information content (AvgIpc) is 3.56. The molecule has 0 unspecified atom stereocenters. The zero-order chi connectivity index (χ0) is 22.6. The Bertz CT molecular complexity index is 1400. The summed E-state index contributed by atoms with van der Waals surface area (Å²) in [5.41, 5.74) is 4.69. The van der Waals surface area contributed by atoms with Crippen molar-refractivity contribution in [1.82, 2.24) is 25.5 Å². The number of carbonyl (C=O) groups is 1. The number of hydrogen-bond donors (Lipinski definition) is 3. The molecular formula is C24H20N6O2S. The Hall–Kier alpha value is -4.24. The maximum absolute atomic E-state index is 11.5. The smallest absolute Gasteiger partial charge is 0.257 e. The van der Waals surface area contributed by atoms with Crippen LogP contribution in [0.3, 0.4) is 0 Å². The number of aromatic nitrogens is 4. The molecule has 164 valence electrons. The fourth-order valence-corrected chi connectivity index (χ4v) is 4.09. The van der Waals surface area contributed by atoms with E-state index in [9.17, 15) is 4.79 Å². The number of fused-ring (bicyclic) bond motifs is 1. The van der Waals surface area contributed by atoms with E-state index in [4.69, 9.17) is 14.7 Å². The van der Waals surface area contributed by atoms with Gasteiger partial charge in [-0.25, -0.2) is 9.97 Å². The Kier molecular flexibility index (Phi) is 5.69. The van der Waals surface area contributed by atoms with Gasteiger partial charge in [-0.05, 0) is 41.3 Å². The van der Waals surface area contributed by atoms with Crippen molar-refractivity contribution in [3.8, 4) is 28.3 Å². The summed E-state index contributed by atoms with van der Waals surface area (Å²) in [6, 6.07) is 17.5. The number of carbonyl (C=O) groups excluding carboxylic acids is 1. The Morgan fingerprint density at radius 3 is 2.73 bits per heavy atom. The highest BCUT2D eigenvalue weighted by molar-refractivity contribution is 7.17. The van der Waals surface area contributed by atoms with Crippen LogP contribution in [0.5, 0.6) is 5.75 Å². The van der Waals surface area contributed by atoms with E-state index >= 15 is 0 Å². The Morgan fingerprint density at radius 2 is 1.94 bits per heavy atom. The molecule has 0 bridgehead atoms. The summed E-state index contributed by atoms with van der Waals surface area (Å²) in [7, 11) is 1.57. The van der Waals surface area contributed by atoms with Crippen LogP contribution >= 0.6 is 11.3 Å². The number of nitrogens with one attached hydrogen (secondary N) is 3. The Labute approximate surface area is 193 Å². The molecule has 5 rings (SSSR count). The van der Waals surface area contributed by atoms with Gasteiger partial charge < -0.3 is 15.4 Å². The molecule has 3 heterocycles. The van der Waals surface area contributed by atoms with Crippen LogP contribution in [0.4, 0.5) is 11.5 Å². The topological polar surface area (TPSA) is 105 Å². The number of ether oxygens (including phenoxy) is 1. The summed E-state index contributed by atoms with van der Waals surface area (Å²) in [5.74, 6) is 1.69. The summed E-state index contributed by atoms with van der Waals surface area (Å²) in [6.45, 7) is -0.0496. The van der Waals surface area contributed by atoms with E-state index in [1.165, 1.54) is 0 Å². The third kappa shape index (κ3) is 4.53. The van der Waals surface area contributed by atoms with Crippen LogP contribution in [0.25, 0.3) is 32.7 Å². The number of aromatic amines is 1. The van der Waals surface area contributed by atoms with E-state index < -0.39 is 0 Å². The monoisotopic (exact) mass is 456 g/mol. The van der Waals surface area contributed by atoms with E-state index in [0.717, 1.165) is 38.4 Å². The third-order valence-corrected chi connectivity index (χ3v) is 5.93. The van der Waals surface area contributed by atoms with Crippen LogP contribution in [0.15, 0.2) is 72.4 Å². The number of H-pyrrole nitrogens is 1. The van der Waals surface area contributed by atoms with Gasteiger partial charge in [0.15, 0.2) is 18.2 Å². The first kappa shape index (κ1) is 20.7. The highest BCUT2D eigenvalue weighted by atomic mass is 32.1. The first-order chi connectivity index (χ1) is 16.2. The third-order valence-electron chi connectivity index (χ3n) is 5.02. The zero-order valence-electron chi connectivity index (χ0n) is 17.7. The van der Waals surface area contributed by atoms with Gasteiger partial charge in [0.1, 0.15) is 5.75 Å². The molecule has 0 aliphatic carbocycles. The number of hydrogen-bond acceptors (Lipinski definition) is 7. The number of nitrogens with zero attached hydrogens (tertiary/aromatic N) is 3. The van der Waals surface area contributed by atoms with E-state index in [1.807, 2.05) is 60.1 Å². The van der Waals surface area contributed by atoms with Crippen molar-refractivity contribution in [3.63, 3.8) is 0 Å². The van der Waals surface area contributed by atoms with Crippen LogP contribution in [-0.4, -0.2) is 39.7 Å². The molecule has 2 aromatic carbocycles. The summed E-state index contributed by atoms with van der Waals surface area (Å²) in [5, 5.41) is 14.8. The van der Waals surface area contributed by atoms with Gasteiger partial charge in [-0.2, -0.15) is 5.10 Å². The van der Waals surface area contributed by atoms with Crippen LogP contribution in [0.1, 0.15) is 0 Å². The van der Waals surface area contributed by atoms with Gasteiger partial charge in [-0.1, -0.05) is 24.3 Å². The first-order valence-electron chi connectivity index (χ1n) is 10.2. The maximum atomic E-state index is 11.5. The van der Waals surface area contributed by atoms with E-state index in [2.05, 4.69) is 20.8 Å². The number of anilines is 2.